The van der Waals surface area contributed by atoms with Crippen molar-refractivity contribution in [1.29, 1.82) is 0 Å². The Hall–Kier alpha value is -1.59. The highest BCUT2D eigenvalue weighted by Crippen LogP contribution is 2.57. The van der Waals surface area contributed by atoms with Crippen LogP contribution in [0.1, 0.15) is 52.9 Å². The predicted molar refractivity (Wildman–Crippen MR) is 115 cm³/mol. The molecule has 1 heterocycles. The molecule has 0 bridgehead atoms. The number of nitrogens with zero attached hydrogens (tertiary/aromatic N) is 1. The number of nitrogens with one attached hydrogen (secondary N) is 1. The molecule has 0 aromatic rings. The second-order valence-electron chi connectivity index (χ2n) is 9.82. The first kappa shape index (κ1) is 20.7. The standard InChI is InChI=1S/C24H36N2O3/c1-16(2)18-6-8-24(3)9-7-19-20(22(18)24)5-4-17(14-21(19)27)15-29-23(28)25-10-11-26-12-13-26/h4-5,16,19,21,27H,6-15H2,1-3H3,(H,25,28). The number of carbonyl (C=O) groups excluding carboxylic acids is 1. The van der Waals surface area contributed by atoms with Gasteiger partial charge in [-0.3, -0.25) is 4.90 Å². The van der Waals surface area contributed by atoms with Crippen LogP contribution in [0.25, 0.3) is 0 Å². The van der Waals surface area contributed by atoms with E-state index >= 15 is 0 Å². The third-order valence-corrected chi connectivity index (χ3v) is 7.32. The zero-order valence-electron chi connectivity index (χ0n) is 18.2. The van der Waals surface area contributed by atoms with Gasteiger partial charge in [0.1, 0.15) is 6.61 Å². The molecule has 4 aliphatic rings. The second kappa shape index (κ2) is 8.27. The van der Waals surface area contributed by atoms with E-state index in [-0.39, 0.29) is 24.0 Å². The lowest BCUT2D eigenvalue weighted by Crippen LogP contribution is -2.33. The molecule has 3 atom stereocenters. The normalized spacial score (nSPS) is 31.6. The van der Waals surface area contributed by atoms with Crippen molar-refractivity contribution in [1.82, 2.24) is 10.2 Å². The quantitative estimate of drug-likeness (QED) is 0.666. The van der Waals surface area contributed by atoms with Crippen molar-refractivity contribution in [2.45, 2.75) is 59.0 Å². The molecule has 0 spiro atoms. The average molecular weight is 401 g/mol. The monoisotopic (exact) mass is 400 g/mol. The van der Waals surface area contributed by atoms with Crippen LogP contribution in [-0.2, 0) is 4.74 Å². The molecular weight excluding hydrogens is 364 g/mol. The van der Waals surface area contributed by atoms with E-state index in [9.17, 15) is 9.90 Å². The van der Waals surface area contributed by atoms with Crippen molar-refractivity contribution in [2.24, 2.45) is 17.3 Å². The molecule has 1 saturated carbocycles. The molecule has 0 aromatic carbocycles. The maximum absolute atomic E-state index is 12.0. The van der Waals surface area contributed by atoms with E-state index in [1.165, 1.54) is 24.0 Å². The van der Waals surface area contributed by atoms with Crippen LogP contribution in [0.15, 0.2) is 34.4 Å². The Kier molecular flexibility index (Phi) is 5.90. The lowest BCUT2D eigenvalue weighted by atomic mass is 9.64. The fourth-order valence-corrected chi connectivity index (χ4v) is 5.44. The van der Waals surface area contributed by atoms with Gasteiger partial charge >= 0.3 is 6.09 Å². The Morgan fingerprint density at radius 1 is 1.34 bits per heavy atom. The Balaban J connectivity index is 1.45. The number of ether oxygens (including phenoxy) is 1. The fourth-order valence-electron chi connectivity index (χ4n) is 5.44. The van der Waals surface area contributed by atoms with Crippen LogP contribution in [0.3, 0.4) is 0 Å². The summed E-state index contributed by atoms with van der Waals surface area (Å²) in [5.41, 5.74) is 5.69. The highest BCUT2D eigenvalue weighted by molar-refractivity contribution is 5.67. The summed E-state index contributed by atoms with van der Waals surface area (Å²) in [4.78, 5) is 14.2. The number of fused-ring (bicyclic) bond motifs is 3. The first-order valence-corrected chi connectivity index (χ1v) is 11.3. The van der Waals surface area contributed by atoms with Gasteiger partial charge in [-0.2, -0.15) is 0 Å². The van der Waals surface area contributed by atoms with Gasteiger partial charge in [-0.25, -0.2) is 4.79 Å². The van der Waals surface area contributed by atoms with Crippen LogP contribution in [0.2, 0.25) is 0 Å². The van der Waals surface area contributed by atoms with Gasteiger partial charge in [0, 0.05) is 32.1 Å². The van der Waals surface area contributed by atoms with Crippen LogP contribution >= 0.6 is 0 Å². The first-order chi connectivity index (χ1) is 13.9. The van der Waals surface area contributed by atoms with Crippen molar-refractivity contribution < 1.29 is 14.6 Å². The van der Waals surface area contributed by atoms with Gasteiger partial charge in [-0.1, -0.05) is 38.5 Å². The molecule has 1 saturated heterocycles. The smallest absolute Gasteiger partial charge is 0.407 e. The number of rotatable bonds is 6. The molecule has 160 valence electrons. The molecule has 5 nitrogen and oxygen atoms in total. The van der Waals surface area contributed by atoms with Gasteiger partial charge in [-0.15, -0.1) is 0 Å². The number of carbonyl (C=O) groups is 1. The lowest BCUT2D eigenvalue weighted by Gasteiger charge is -2.41. The number of alkyl carbamates (subject to hydrolysis) is 1. The fraction of sp³-hybridized carbons (Fsp3) is 0.708. The van der Waals surface area contributed by atoms with Gasteiger partial charge < -0.3 is 15.2 Å². The topological polar surface area (TPSA) is 61.6 Å². The minimum Gasteiger partial charge on any atom is -0.445 e. The SMILES string of the molecule is CC(C)C1=C2C3=CC=C(COC(=O)NCCN4CC4)CC(O)C3CCC2(C)CC1. The molecule has 1 amide bonds. The summed E-state index contributed by atoms with van der Waals surface area (Å²) in [6.07, 6.45) is 8.72. The van der Waals surface area contributed by atoms with Gasteiger partial charge in [-0.05, 0) is 60.2 Å². The van der Waals surface area contributed by atoms with Gasteiger partial charge in [0.25, 0.3) is 0 Å². The van der Waals surface area contributed by atoms with E-state index in [0.29, 0.717) is 18.9 Å². The average Bonchev–Trinajstić information content (AvgIpc) is 3.44. The summed E-state index contributed by atoms with van der Waals surface area (Å²) < 4.78 is 5.42. The number of hydrogen-bond donors (Lipinski definition) is 2. The molecular formula is C24H36N2O3. The number of aliphatic hydroxyl groups is 1. The highest BCUT2D eigenvalue weighted by Gasteiger charge is 2.46. The molecule has 29 heavy (non-hydrogen) atoms. The number of aliphatic hydroxyl groups excluding tert-OH is 1. The molecule has 2 N–H and O–H groups in total. The van der Waals surface area contributed by atoms with E-state index in [1.54, 1.807) is 5.57 Å². The molecule has 1 aliphatic heterocycles. The number of allylic oxidation sites excluding steroid dienone is 4. The summed E-state index contributed by atoms with van der Waals surface area (Å²) in [5.74, 6) is 0.745. The van der Waals surface area contributed by atoms with E-state index in [0.717, 1.165) is 38.0 Å². The van der Waals surface area contributed by atoms with E-state index in [2.05, 4.69) is 43.1 Å². The largest absolute Gasteiger partial charge is 0.445 e. The summed E-state index contributed by atoms with van der Waals surface area (Å²) >= 11 is 0. The minimum atomic E-state index is -0.407. The zero-order valence-corrected chi connectivity index (χ0v) is 18.2. The van der Waals surface area contributed by atoms with E-state index in [4.69, 9.17) is 4.74 Å². The van der Waals surface area contributed by atoms with Crippen LogP contribution in [0.5, 0.6) is 0 Å². The van der Waals surface area contributed by atoms with Crippen LogP contribution in [0.4, 0.5) is 4.79 Å². The van der Waals surface area contributed by atoms with Crippen molar-refractivity contribution in [2.75, 3.05) is 32.8 Å². The number of amides is 1. The third kappa shape index (κ3) is 4.46. The van der Waals surface area contributed by atoms with Gasteiger partial charge in [0.15, 0.2) is 0 Å². The maximum Gasteiger partial charge on any atom is 0.407 e. The molecule has 2 fully saturated rings. The third-order valence-electron chi connectivity index (χ3n) is 7.32. The van der Waals surface area contributed by atoms with Crippen LogP contribution in [-0.4, -0.2) is 55.0 Å². The summed E-state index contributed by atoms with van der Waals surface area (Å²) in [5, 5.41) is 13.8. The molecule has 3 unspecified atom stereocenters. The van der Waals surface area contributed by atoms with E-state index in [1.807, 2.05) is 0 Å². The molecule has 4 rings (SSSR count). The van der Waals surface area contributed by atoms with Gasteiger partial charge in [0.2, 0.25) is 0 Å². The minimum absolute atomic E-state index is 0.195. The van der Waals surface area contributed by atoms with Crippen LogP contribution < -0.4 is 5.32 Å². The zero-order chi connectivity index (χ0) is 20.6. The molecule has 0 radical (unpaired) electrons. The second-order valence-corrected chi connectivity index (χ2v) is 9.82. The predicted octanol–water partition coefficient (Wildman–Crippen LogP) is 3.81. The maximum atomic E-state index is 12.0. The van der Waals surface area contributed by atoms with Crippen molar-refractivity contribution in [3.05, 3.63) is 34.4 Å². The van der Waals surface area contributed by atoms with Crippen LogP contribution in [0, 0.1) is 17.3 Å². The highest BCUT2D eigenvalue weighted by atomic mass is 16.5. The first-order valence-electron chi connectivity index (χ1n) is 11.3. The lowest BCUT2D eigenvalue weighted by molar-refractivity contribution is 0.0987. The van der Waals surface area contributed by atoms with E-state index < -0.39 is 6.10 Å². The Morgan fingerprint density at radius 3 is 2.86 bits per heavy atom. The summed E-state index contributed by atoms with van der Waals surface area (Å²) in [7, 11) is 0. The Labute approximate surface area is 174 Å². The Morgan fingerprint density at radius 2 is 2.14 bits per heavy atom. The summed E-state index contributed by atoms with van der Waals surface area (Å²) in [6, 6.07) is 0. The molecule has 5 heteroatoms. The van der Waals surface area contributed by atoms with Crippen molar-refractivity contribution >= 4 is 6.09 Å². The van der Waals surface area contributed by atoms with Gasteiger partial charge in [0.05, 0.1) is 6.10 Å². The summed E-state index contributed by atoms with van der Waals surface area (Å²) in [6.45, 7) is 11.0. The Bertz CT molecular complexity index is 747. The van der Waals surface area contributed by atoms with Crippen molar-refractivity contribution in [3.63, 3.8) is 0 Å². The molecule has 3 aliphatic carbocycles. The molecule has 0 aromatic heterocycles. The number of hydrogen-bond acceptors (Lipinski definition) is 4. The van der Waals surface area contributed by atoms with Crippen molar-refractivity contribution in [3.8, 4) is 0 Å².